The Morgan fingerprint density at radius 2 is 1.93 bits per heavy atom. The van der Waals surface area contributed by atoms with Gasteiger partial charge in [-0.1, -0.05) is 30.3 Å². The minimum absolute atomic E-state index is 0.274. The molecular weight excluding hydrogens is 350 g/mol. The van der Waals surface area contributed by atoms with Crippen molar-refractivity contribution in [1.29, 1.82) is 0 Å². The zero-order valence-corrected chi connectivity index (χ0v) is 17.2. The lowest BCUT2D eigenvalue weighted by Crippen LogP contribution is -2.41. The van der Waals surface area contributed by atoms with Crippen LogP contribution in [-0.4, -0.2) is 74.5 Å². The lowest BCUT2D eigenvalue weighted by molar-refractivity contribution is -0.127. The van der Waals surface area contributed by atoms with E-state index in [1.807, 2.05) is 18.0 Å². The minimum Gasteiger partial charge on any atom is -0.356 e. The number of hydrogen-bond acceptors (Lipinski definition) is 3. The third-order valence-electron chi connectivity index (χ3n) is 5.73. The van der Waals surface area contributed by atoms with E-state index in [2.05, 4.69) is 44.8 Å². The van der Waals surface area contributed by atoms with Gasteiger partial charge in [0.05, 0.1) is 0 Å². The van der Waals surface area contributed by atoms with E-state index >= 15 is 0 Å². The Labute approximate surface area is 169 Å². The lowest BCUT2D eigenvalue weighted by Gasteiger charge is -2.18. The van der Waals surface area contributed by atoms with Crippen LogP contribution in [0.3, 0.4) is 0 Å². The van der Waals surface area contributed by atoms with Gasteiger partial charge >= 0.3 is 0 Å². The first-order valence-corrected chi connectivity index (χ1v) is 10.7. The Balaban J connectivity index is 1.31. The molecule has 1 aromatic carbocycles. The number of nitrogens with zero attached hydrogens (tertiary/aromatic N) is 3. The van der Waals surface area contributed by atoms with E-state index in [-0.39, 0.29) is 5.91 Å². The van der Waals surface area contributed by atoms with Crippen molar-refractivity contribution in [2.45, 2.75) is 32.1 Å². The molecule has 0 aliphatic carbocycles. The predicted octanol–water partition coefficient (Wildman–Crippen LogP) is 1.73. The smallest absolute Gasteiger partial charge is 0.223 e. The van der Waals surface area contributed by atoms with Crippen LogP contribution in [-0.2, 0) is 11.2 Å². The van der Waals surface area contributed by atoms with Crippen LogP contribution in [0.4, 0.5) is 0 Å². The number of carbonyl (C=O) groups excluding carboxylic acids is 1. The average molecular weight is 386 g/mol. The van der Waals surface area contributed by atoms with Gasteiger partial charge in [0.1, 0.15) is 0 Å². The second-order valence-electron chi connectivity index (χ2n) is 7.93. The van der Waals surface area contributed by atoms with Gasteiger partial charge in [0.25, 0.3) is 0 Å². The monoisotopic (exact) mass is 385 g/mol. The molecule has 1 amide bonds. The largest absolute Gasteiger partial charge is 0.356 e. The Morgan fingerprint density at radius 3 is 2.68 bits per heavy atom. The topological polar surface area (TPSA) is 60.0 Å². The van der Waals surface area contributed by atoms with Crippen LogP contribution in [0.2, 0.25) is 0 Å². The van der Waals surface area contributed by atoms with Crippen LogP contribution in [0, 0.1) is 5.92 Å². The number of aliphatic imine (C=N–C) groups is 1. The van der Waals surface area contributed by atoms with Gasteiger partial charge in [-0.05, 0) is 50.9 Å². The van der Waals surface area contributed by atoms with Crippen molar-refractivity contribution >= 4 is 11.9 Å². The predicted molar refractivity (Wildman–Crippen MR) is 114 cm³/mol. The minimum atomic E-state index is 0.274. The molecule has 1 unspecified atom stereocenters. The molecule has 1 atom stereocenters. The molecule has 3 rings (SSSR count). The summed E-state index contributed by atoms with van der Waals surface area (Å²) in [7, 11) is 1.81. The molecule has 2 N–H and O–H groups in total. The number of hydrogen-bond donors (Lipinski definition) is 2. The molecule has 154 valence electrons. The van der Waals surface area contributed by atoms with Gasteiger partial charge in [0, 0.05) is 45.6 Å². The molecule has 2 saturated heterocycles. The quantitative estimate of drug-likeness (QED) is 0.386. The fraction of sp³-hybridized carbons (Fsp3) is 0.636. The van der Waals surface area contributed by atoms with Gasteiger partial charge in [-0.3, -0.25) is 9.79 Å². The van der Waals surface area contributed by atoms with E-state index in [4.69, 9.17) is 0 Å². The van der Waals surface area contributed by atoms with Crippen LogP contribution in [0.15, 0.2) is 35.3 Å². The molecule has 2 heterocycles. The number of rotatable bonds is 9. The summed E-state index contributed by atoms with van der Waals surface area (Å²) in [6.45, 7) is 7.04. The molecular formula is C22H35N5O. The Hall–Kier alpha value is -2.08. The molecule has 0 spiro atoms. The highest BCUT2D eigenvalue weighted by Crippen LogP contribution is 2.17. The molecule has 0 radical (unpaired) electrons. The van der Waals surface area contributed by atoms with Gasteiger partial charge in [0.2, 0.25) is 5.91 Å². The van der Waals surface area contributed by atoms with Crippen LogP contribution >= 0.6 is 0 Å². The average Bonchev–Trinajstić information content (AvgIpc) is 3.36. The van der Waals surface area contributed by atoms with Gasteiger partial charge in [0.15, 0.2) is 5.96 Å². The van der Waals surface area contributed by atoms with Crippen LogP contribution < -0.4 is 10.6 Å². The van der Waals surface area contributed by atoms with Crippen molar-refractivity contribution in [3.8, 4) is 0 Å². The summed E-state index contributed by atoms with van der Waals surface area (Å²) in [5, 5.41) is 6.80. The maximum absolute atomic E-state index is 12.3. The third kappa shape index (κ3) is 6.51. The molecule has 2 fully saturated rings. The van der Waals surface area contributed by atoms with Crippen molar-refractivity contribution in [1.82, 2.24) is 20.4 Å². The summed E-state index contributed by atoms with van der Waals surface area (Å²) >= 11 is 0. The zero-order chi connectivity index (χ0) is 19.6. The maximum Gasteiger partial charge on any atom is 0.223 e. The highest BCUT2D eigenvalue weighted by atomic mass is 16.2. The van der Waals surface area contributed by atoms with E-state index < -0.39 is 0 Å². The van der Waals surface area contributed by atoms with Crippen LogP contribution in [0.1, 0.15) is 31.2 Å². The highest BCUT2D eigenvalue weighted by molar-refractivity contribution is 5.80. The summed E-state index contributed by atoms with van der Waals surface area (Å²) in [5.74, 6) is 1.47. The number of carbonyl (C=O) groups is 1. The lowest BCUT2D eigenvalue weighted by atomic mass is 10.1. The van der Waals surface area contributed by atoms with Crippen molar-refractivity contribution < 1.29 is 4.79 Å². The van der Waals surface area contributed by atoms with Crippen LogP contribution in [0.5, 0.6) is 0 Å². The SMILES string of the molecule is CN=C(NCCCN1CCCC1)NCC1CC(=O)N(CCc2ccccc2)C1. The van der Waals surface area contributed by atoms with Gasteiger partial charge in [-0.2, -0.15) is 0 Å². The highest BCUT2D eigenvalue weighted by Gasteiger charge is 2.29. The van der Waals surface area contributed by atoms with Crippen molar-refractivity contribution in [3.05, 3.63) is 35.9 Å². The number of likely N-dealkylation sites (tertiary alicyclic amines) is 2. The van der Waals surface area contributed by atoms with E-state index in [0.29, 0.717) is 12.3 Å². The van der Waals surface area contributed by atoms with Gasteiger partial charge < -0.3 is 20.4 Å². The molecule has 6 nitrogen and oxygen atoms in total. The molecule has 2 aliphatic rings. The summed E-state index contributed by atoms with van der Waals surface area (Å²) in [5.41, 5.74) is 1.29. The van der Waals surface area contributed by atoms with Gasteiger partial charge in [-0.15, -0.1) is 0 Å². The number of amides is 1. The van der Waals surface area contributed by atoms with Crippen molar-refractivity contribution in [2.24, 2.45) is 10.9 Å². The van der Waals surface area contributed by atoms with E-state index in [1.54, 1.807) is 0 Å². The number of guanidine groups is 1. The first kappa shape index (κ1) is 20.6. The van der Waals surface area contributed by atoms with Crippen molar-refractivity contribution in [2.75, 3.05) is 52.9 Å². The number of nitrogens with one attached hydrogen (secondary N) is 2. The van der Waals surface area contributed by atoms with Crippen LogP contribution in [0.25, 0.3) is 0 Å². The molecule has 1 aromatic rings. The van der Waals surface area contributed by atoms with E-state index in [9.17, 15) is 4.79 Å². The third-order valence-corrected chi connectivity index (χ3v) is 5.73. The first-order chi connectivity index (χ1) is 13.7. The second-order valence-corrected chi connectivity index (χ2v) is 7.93. The maximum atomic E-state index is 12.3. The first-order valence-electron chi connectivity index (χ1n) is 10.7. The zero-order valence-electron chi connectivity index (χ0n) is 17.2. The molecule has 0 saturated carbocycles. The summed E-state index contributed by atoms with van der Waals surface area (Å²) in [6, 6.07) is 10.4. The Bertz CT molecular complexity index is 627. The normalized spacial score (nSPS) is 20.8. The Morgan fingerprint density at radius 1 is 1.14 bits per heavy atom. The number of benzene rings is 1. The standard InChI is InChI=1S/C22H35N5O/c1-23-22(24-11-7-14-26-12-5-6-13-26)25-17-20-16-21(28)27(18-20)15-10-19-8-3-2-4-9-19/h2-4,8-9,20H,5-7,10-18H2,1H3,(H2,23,24,25). The van der Waals surface area contributed by atoms with Gasteiger partial charge in [-0.25, -0.2) is 0 Å². The summed E-state index contributed by atoms with van der Waals surface area (Å²) < 4.78 is 0. The second kappa shape index (κ2) is 11.1. The molecule has 0 aromatic heterocycles. The summed E-state index contributed by atoms with van der Waals surface area (Å²) in [4.78, 5) is 21.2. The molecule has 2 aliphatic heterocycles. The van der Waals surface area contributed by atoms with Crippen molar-refractivity contribution in [3.63, 3.8) is 0 Å². The summed E-state index contributed by atoms with van der Waals surface area (Å²) in [6.07, 6.45) is 5.38. The molecule has 0 bridgehead atoms. The van der Waals surface area contributed by atoms with E-state index in [1.165, 1.54) is 31.5 Å². The molecule has 28 heavy (non-hydrogen) atoms. The molecule has 6 heteroatoms. The Kier molecular flexibility index (Phi) is 8.15. The van der Waals surface area contributed by atoms with E-state index in [0.717, 1.165) is 51.5 Å². The fourth-order valence-electron chi connectivity index (χ4n) is 4.09. The fourth-order valence-corrected chi connectivity index (χ4v) is 4.09.